The van der Waals surface area contributed by atoms with Crippen LogP contribution in [-0.2, 0) is 16.1 Å². The van der Waals surface area contributed by atoms with Crippen molar-refractivity contribution in [3.8, 4) is 0 Å². The normalized spacial score (nSPS) is 22.1. The highest BCUT2D eigenvalue weighted by Gasteiger charge is 2.51. The largest absolute Gasteiger partial charge is 0.445 e. The van der Waals surface area contributed by atoms with Gasteiger partial charge in [0.1, 0.15) is 12.2 Å². The first-order chi connectivity index (χ1) is 14.0. The van der Waals surface area contributed by atoms with Crippen molar-refractivity contribution in [2.24, 2.45) is 5.92 Å². The molecule has 2 aliphatic rings. The van der Waals surface area contributed by atoms with Crippen LogP contribution in [0.3, 0.4) is 0 Å². The fraction of sp³-hybridized carbons (Fsp3) is 0.636. The number of carbonyl (C=O) groups is 2. The number of carbonyl (C=O) groups excluding carboxylic acids is 2. The lowest BCUT2D eigenvalue weighted by Crippen LogP contribution is -2.47. The Hall–Kier alpha value is -2.38. The molecule has 2 amide bonds. The summed E-state index contributed by atoms with van der Waals surface area (Å²) in [7, 11) is 0. The molecule has 0 aliphatic carbocycles. The van der Waals surface area contributed by atoms with Crippen LogP contribution in [0, 0.1) is 5.92 Å². The maximum atomic E-state index is 14.1. The van der Waals surface area contributed by atoms with Gasteiger partial charge in [0.05, 0.1) is 6.54 Å². The third-order valence-electron chi connectivity index (χ3n) is 5.48. The van der Waals surface area contributed by atoms with E-state index in [2.05, 4.69) is 0 Å². The molecular formula is C22H30F2N2O4. The number of alkyl halides is 2. The van der Waals surface area contributed by atoms with Gasteiger partial charge >= 0.3 is 12.2 Å². The molecule has 2 saturated heterocycles. The lowest BCUT2D eigenvalue weighted by molar-refractivity contribution is -0.00337. The number of rotatable bonds is 3. The molecule has 2 heterocycles. The van der Waals surface area contributed by atoms with Crippen molar-refractivity contribution in [2.45, 2.75) is 64.2 Å². The molecule has 2 fully saturated rings. The second-order valence-corrected chi connectivity index (χ2v) is 9.10. The van der Waals surface area contributed by atoms with Crippen molar-refractivity contribution in [1.29, 1.82) is 0 Å². The summed E-state index contributed by atoms with van der Waals surface area (Å²) in [6.07, 6.45) is -0.386. The van der Waals surface area contributed by atoms with Gasteiger partial charge < -0.3 is 14.4 Å². The molecule has 0 spiro atoms. The van der Waals surface area contributed by atoms with Crippen molar-refractivity contribution >= 4 is 12.2 Å². The van der Waals surface area contributed by atoms with Gasteiger partial charge in [-0.15, -0.1) is 0 Å². The number of hydrogen-bond acceptors (Lipinski definition) is 4. The van der Waals surface area contributed by atoms with E-state index in [0.717, 1.165) is 5.56 Å². The average molecular weight is 424 g/mol. The summed E-state index contributed by atoms with van der Waals surface area (Å²) in [6, 6.07) is 8.82. The molecular weight excluding hydrogens is 394 g/mol. The Morgan fingerprint density at radius 2 is 1.73 bits per heavy atom. The Labute approximate surface area is 176 Å². The molecule has 0 saturated carbocycles. The van der Waals surface area contributed by atoms with Crippen LogP contribution in [0.2, 0.25) is 0 Å². The van der Waals surface area contributed by atoms with Gasteiger partial charge in [-0.1, -0.05) is 30.3 Å². The zero-order chi connectivity index (χ0) is 21.9. The zero-order valence-electron chi connectivity index (χ0n) is 17.8. The van der Waals surface area contributed by atoms with E-state index in [4.69, 9.17) is 9.47 Å². The van der Waals surface area contributed by atoms with Crippen LogP contribution in [0.25, 0.3) is 0 Å². The molecule has 0 bridgehead atoms. The van der Waals surface area contributed by atoms with E-state index < -0.39 is 36.3 Å². The van der Waals surface area contributed by atoms with Gasteiger partial charge in [-0.05, 0) is 45.1 Å². The number of halogens is 2. The molecule has 3 rings (SSSR count). The number of hydrogen-bond donors (Lipinski definition) is 0. The third-order valence-corrected chi connectivity index (χ3v) is 5.48. The summed E-state index contributed by atoms with van der Waals surface area (Å²) in [6.45, 7) is 5.56. The fourth-order valence-corrected chi connectivity index (χ4v) is 4.07. The Kier molecular flexibility index (Phi) is 6.53. The molecule has 0 unspecified atom stereocenters. The maximum absolute atomic E-state index is 14.1. The maximum Gasteiger partial charge on any atom is 0.410 e. The second-order valence-electron chi connectivity index (χ2n) is 9.10. The summed E-state index contributed by atoms with van der Waals surface area (Å²) < 4.78 is 38.9. The van der Waals surface area contributed by atoms with E-state index in [0.29, 0.717) is 25.9 Å². The topological polar surface area (TPSA) is 59.1 Å². The minimum Gasteiger partial charge on any atom is -0.445 e. The van der Waals surface area contributed by atoms with Gasteiger partial charge in [0.25, 0.3) is 5.92 Å². The molecule has 0 aromatic heterocycles. The fourth-order valence-electron chi connectivity index (χ4n) is 4.07. The van der Waals surface area contributed by atoms with Crippen molar-refractivity contribution in [2.75, 3.05) is 19.6 Å². The monoisotopic (exact) mass is 424 g/mol. The Morgan fingerprint density at radius 1 is 1.10 bits per heavy atom. The molecule has 2 aliphatic heterocycles. The molecule has 166 valence electrons. The van der Waals surface area contributed by atoms with E-state index in [1.54, 1.807) is 25.7 Å². The lowest BCUT2D eigenvalue weighted by Gasteiger charge is -2.37. The van der Waals surface area contributed by atoms with Crippen molar-refractivity contribution in [3.05, 3.63) is 35.9 Å². The molecule has 8 heteroatoms. The van der Waals surface area contributed by atoms with E-state index in [1.165, 1.54) is 4.90 Å². The third kappa shape index (κ3) is 5.83. The highest BCUT2D eigenvalue weighted by Crippen LogP contribution is 2.39. The summed E-state index contributed by atoms with van der Waals surface area (Å²) >= 11 is 0. The van der Waals surface area contributed by atoms with Crippen LogP contribution in [0.4, 0.5) is 18.4 Å². The number of amides is 2. The highest BCUT2D eigenvalue weighted by molar-refractivity contribution is 5.69. The summed E-state index contributed by atoms with van der Waals surface area (Å²) in [4.78, 5) is 27.6. The average Bonchev–Trinajstić information content (AvgIpc) is 3.01. The first-order valence-electron chi connectivity index (χ1n) is 10.4. The summed E-state index contributed by atoms with van der Waals surface area (Å²) in [5.41, 5.74) is 0.160. The van der Waals surface area contributed by atoms with Crippen molar-refractivity contribution in [3.63, 3.8) is 0 Å². The van der Waals surface area contributed by atoms with Crippen LogP contribution in [-0.4, -0.2) is 59.2 Å². The van der Waals surface area contributed by atoms with Crippen LogP contribution < -0.4 is 0 Å². The van der Waals surface area contributed by atoms with Crippen LogP contribution in [0.1, 0.15) is 45.6 Å². The van der Waals surface area contributed by atoms with E-state index in [-0.39, 0.29) is 18.9 Å². The molecule has 6 nitrogen and oxygen atoms in total. The highest BCUT2D eigenvalue weighted by atomic mass is 19.3. The quantitative estimate of drug-likeness (QED) is 0.707. The van der Waals surface area contributed by atoms with E-state index in [9.17, 15) is 18.4 Å². The lowest BCUT2D eigenvalue weighted by atomic mass is 9.88. The predicted octanol–water partition coefficient (Wildman–Crippen LogP) is 4.68. The number of benzene rings is 1. The van der Waals surface area contributed by atoms with E-state index in [1.807, 2.05) is 30.3 Å². The van der Waals surface area contributed by atoms with Crippen LogP contribution >= 0.6 is 0 Å². The minimum atomic E-state index is -2.92. The van der Waals surface area contributed by atoms with Crippen LogP contribution in [0.15, 0.2) is 30.3 Å². The number of nitrogens with zero attached hydrogens (tertiary/aromatic N) is 2. The zero-order valence-corrected chi connectivity index (χ0v) is 17.8. The molecule has 0 radical (unpaired) electrons. The second kappa shape index (κ2) is 8.78. The Bertz CT molecular complexity index is 743. The minimum absolute atomic E-state index is 0.107. The number of likely N-dealkylation sites (tertiary alicyclic amines) is 2. The Balaban J connectivity index is 1.54. The molecule has 1 aromatic rings. The summed E-state index contributed by atoms with van der Waals surface area (Å²) in [5.74, 6) is -3.03. The molecule has 30 heavy (non-hydrogen) atoms. The van der Waals surface area contributed by atoms with Gasteiger partial charge in [0.2, 0.25) is 0 Å². The van der Waals surface area contributed by atoms with Crippen LogP contribution in [0.5, 0.6) is 0 Å². The SMILES string of the molecule is CC(C)(C)OC(=O)N1CC(F)(F)C[C@H]1C1CCN(C(=O)OCc2ccccc2)CC1. The van der Waals surface area contributed by atoms with Gasteiger partial charge in [0, 0.05) is 25.6 Å². The van der Waals surface area contributed by atoms with Crippen molar-refractivity contribution in [1.82, 2.24) is 9.80 Å². The molecule has 0 N–H and O–H groups in total. The first-order valence-corrected chi connectivity index (χ1v) is 10.4. The van der Waals surface area contributed by atoms with Gasteiger partial charge in [-0.25, -0.2) is 18.4 Å². The van der Waals surface area contributed by atoms with Gasteiger partial charge in [-0.3, -0.25) is 4.90 Å². The predicted molar refractivity (Wildman–Crippen MR) is 107 cm³/mol. The van der Waals surface area contributed by atoms with E-state index >= 15 is 0 Å². The molecule has 1 aromatic carbocycles. The van der Waals surface area contributed by atoms with Gasteiger partial charge in [0.15, 0.2) is 0 Å². The first kappa shape index (κ1) is 22.3. The number of piperidine rings is 1. The molecule has 1 atom stereocenters. The number of ether oxygens (including phenoxy) is 2. The smallest absolute Gasteiger partial charge is 0.410 e. The van der Waals surface area contributed by atoms with Gasteiger partial charge in [-0.2, -0.15) is 0 Å². The van der Waals surface area contributed by atoms with Crippen molar-refractivity contribution < 1.29 is 27.8 Å². The Morgan fingerprint density at radius 3 is 2.33 bits per heavy atom. The standard InChI is InChI=1S/C22H30F2N2O4/c1-21(2,3)30-20(28)26-15-22(23,24)13-18(26)17-9-11-25(12-10-17)19(27)29-14-16-7-5-4-6-8-16/h4-8,17-18H,9-15H2,1-3H3/t18-/m0/s1. The summed E-state index contributed by atoms with van der Waals surface area (Å²) in [5, 5.41) is 0.